The summed E-state index contributed by atoms with van der Waals surface area (Å²) in [6.45, 7) is 0.327. The molecule has 0 aliphatic carbocycles. The van der Waals surface area contributed by atoms with Crippen LogP contribution in [0, 0.1) is 11.3 Å². The number of amides is 1. The van der Waals surface area contributed by atoms with E-state index < -0.39 is 5.97 Å². The number of nitriles is 1. The van der Waals surface area contributed by atoms with Gasteiger partial charge < -0.3 is 15.2 Å². The zero-order chi connectivity index (χ0) is 14.8. The second-order valence-electron chi connectivity index (χ2n) is 4.13. The van der Waals surface area contributed by atoms with E-state index >= 15 is 0 Å². The Balaban J connectivity index is 2.16. The molecule has 0 aliphatic rings. The zero-order valence-electron chi connectivity index (χ0n) is 11.0. The molecule has 106 valence electrons. The summed E-state index contributed by atoms with van der Waals surface area (Å²) in [6.07, 6.45) is 1.26. The standard InChI is InChI=1S/C14H16N2O4/c15-9-11-4-6-12(7-5-11)20-10-13(17)16-8-2-1-3-14(18)19/h4-7H,1-3,8,10H2,(H,16,17)(H,18,19). The predicted octanol–water partition coefficient (Wildman–Crippen LogP) is 1.31. The first-order valence-corrected chi connectivity index (χ1v) is 6.23. The molecule has 6 heteroatoms. The molecule has 0 atom stereocenters. The molecule has 1 amide bonds. The molecule has 0 radical (unpaired) electrons. The van der Waals surface area contributed by atoms with Gasteiger partial charge in [-0.25, -0.2) is 0 Å². The maximum Gasteiger partial charge on any atom is 0.303 e. The van der Waals surface area contributed by atoms with Crippen LogP contribution in [0.15, 0.2) is 24.3 Å². The number of nitrogens with zero attached hydrogens (tertiary/aromatic N) is 1. The lowest BCUT2D eigenvalue weighted by Crippen LogP contribution is -2.29. The van der Waals surface area contributed by atoms with Crippen molar-refractivity contribution in [3.8, 4) is 11.8 Å². The molecule has 1 rings (SSSR count). The smallest absolute Gasteiger partial charge is 0.303 e. The first-order valence-electron chi connectivity index (χ1n) is 6.23. The number of benzene rings is 1. The van der Waals surface area contributed by atoms with E-state index in [0.717, 1.165) is 0 Å². The molecule has 0 aliphatic heterocycles. The number of unbranched alkanes of at least 4 members (excludes halogenated alkanes) is 1. The largest absolute Gasteiger partial charge is 0.484 e. The molecular weight excluding hydrogens is 260 g/mol. The van der Waals surface area contributed by atoms with Gasteiger partial charge in [0.2, 0.25) is 0 Å². The Morgan fingerprint density at radius 3 is 2.55 bits per heavy atom. The minimum atomic E-state index is -0.833. The number of ether oxygens (including phenoxy) is 1. The van der Waals surface area contributed by atoms with Gasteiger partial charge in [-0.15, -0.1) is 0 Å². The van der Waals surface area contributed by atoms with Crippen molar-refractivity contribution in [3.05, 3.63) is 29.8 Å². The van der Waals surface area contributed by atoms with Crippen LogP contribution in [-0.2, 0) is 9.59 Å². The third-order valence-corrected chi connectivity index (χ3v) is 2.49. The van der Waals surface area contributed by atoms with E-state index in [1.54, 1.807) is 24.3 Å². The van der Waals surface area contributed by atoms with Crippen molar-refractivity contribution in [2.24, 2.45) is 0 Å². The maximum atomic E-state index is 11.4. The normalized spacial score (nSPS) is 9.55. The first kappa shape index (κ1) is 15.5. The minimum Gasteiger partial charge on any atom is -0.484 e. The predicted molar refractivity (Wildman–Crippen MR) is 71.1 cm³/mol. The van der Waals surface area contributed by atoms with E-state index in [-0.39, 0.29) is 18.9 Å². The summed E-state index contributed by atoms with van der Waals surface area (Å²) in [4.78, 5) is 21.7. The van der Waals surface area contributed by atoms with Crippen molar-refractivity contribution in [1.82, 2.24) is 5.32 Å². The number of carboxylic acids is 1. The van der Waals surface area contributed by atoms with Gasteiger partial charge in [0.25, 0.3) is 5.91 Å². The second-order valence-corrected chi connectivity index (χ2v) is 4.13. The summed E-state index contributed by atoms with van der Waals surface area (Å²) in [5.74, 6) is -0.574. The number of rotatable bonds is 8. The lowest BCUT2D eigenvalue weighted by molar-refractivity contribution is -0.137. The fraction of sp³-hybridized carbons (Fsp3) is 0.357. The Labute approximate surface area is 117 Å². The minimum absolute atomic E-state index is 0.106. The van der Waals surface area contributed by atoms with Gasteiger partial charge in [-0.2, -0.15) is 5.26 Å². The summed E-state index contributed by atoms with van der Waals surface area (Å²) in [7, 11) is 0. The highest BCUT2D eigenvalue weighted by atomic mass is 16.5. The highest BCUT2D eigenvalue weighted by molar-refractivity contribution is 5.77. The summed E-state index contributed by atoms with van der Waals surface area (Å²) in [5, 5.41) is 19.7. The van der Waals surface area contributed by atoms with Crippen molar-refractivity contribution < 1.29 is 19.4 Å². The van der Waals surface area contributed by atoms with E-state index in [9.17, 15) is 9.59 Å². The molecule has 6 nitrogen and oxygen atoms in total. The third-order valence-electron chi connectivity index (χ3n) is 2.49. The number of carbonyl (C=O) groups excluding carboxylic acids is 1. The van der Waals surface area contributed by atoms with Crippen LogP contribution < -0.4 is 10.1 Å². The lowest BCUT2D eigenvalue weighted by atomic mass is 10.2. The average molecular weight is 276 g/mol. The van der Waals surface area contributed by atoms with Crippen LogP contribution in [-0.4, -0.2) is 30.1 Å². The molecule has 0 aromatic heterocycles. The van der Waals surface area contributed by atoms with Crippen LogP contribution in [0.1, 0.15) is 24.8 Å². The van der Waals surface area contributed by atoms with Gasteiger partial charge in [0.05, 0.1) is 11.6 Å². The molecule has 0 unspecified atom stereocenters. The summed E-state index contributed by atoms with van der Waals surface area (Å²) >= 11 is 0. The van der Waals surface area contributed by atoms with Gasteiger partial charge in [0.15, 0.2) is 6.61 Å². The number of hydrogen-bond acceptors (Lipinski definition) is 4. The Kier molecular flexibility index (Phi) is 6.62. The van der Waals surface area contributed by atoms with E-state index in [1.807, 2.05) is 6.07 Å². The number of hydrogen-bond donors (Lipinski definition) is 2. The fourth-order valence-electron chi connectivity index (χ4n) is 1.45. The van der Waals surface area contributed by atoms with Gasteiger partial charge in [0, 0.05) is 13.0 Å². The zero-order valence-corrected chi connectivity index (χ0v) is 11.0. The van der Waals surface area contributed by atoms with Gasteiger partial charge in [-0.05, 0) is 37.1 Å². The monoisotopic (exact) mass is 276 g/mol. The first-order chi connectivity index (χ1) is 9.61. The van der Waals surface area contributed by atoms with Crippen molar-refractivity contribution in [2.45, 2.75) is 19.3 Å². The van der Waals surface area contributed by atoms with Crippen LogP contribution in [0.4, 0.5) is 0 Å². The van der Waals surface area contributed by atoms with Gasteiger partial charge >= 0.3 is 5.97 Å². The summed E-state index contributed by atoms with van der Waals surface area (Å²) in [6, 6.07) is 8.46. The molecular formula is C14H16N2O4. The molecule has 0 bridgehead atoms. The summed E-state index contributed by atoms with van der Waals surface area (Å²) < 4.78 is 5.25. The Bertz CT molecular complexity index is 491. The van der Waals surface area contributed by atoms with Crippen molar-refractivity contribution >= 4 is 11.9 Å². The summed E-state index contributed by atoms with van der Waals surface area (Å²) in [5.41, 5.74) is 0.528. The molecule has 1 aromatic rings. The van der Waals surface area contributed by atoms with E-state index in [2.05, 4.69) is 5.32 Å². The van der Waals surface area contributed by atoms with Crippen LogP contribution in [0.3, 0.4) is 0 Å². The Morgan fingerprint density at radius 1 is 1.25 bits per heavy atom. The number of aliphatic carboxylic acids is 1. The van der Waals surface area contributed by atoms with Crippen LogP contribution in [0.5, 0.6) is 5.75 Å². The van der Waals surface area contributed by atoms with Gasteiger partial charge in [-0.3, -0.25) is 9.59 Å². The van der Waals surface area contributed by atoms with Crippen molar-refractivity contribution in [1.29, 1.82) is 5.26 Å². The number of carboxylic acid groups (broad SMARTS) is 1. The molecule has 0 saturated carbocycles. The lowest BCUT2D eigenvalue weighted by Gasteiger charge is -2.07. The molecule has 20 heavy (non-hydrogen) atoms. The maximum absolute atomic E-state index is 11.4. The highest BCUT2D eigenvalue weighted by Gasteiger charge is 2.03. The topological polar surface area (TPSA) is 99.4 Å². The molecule has 0 spiro atoms. The van der Waals surface area contributed by atoms with Crippen LogP contribution in [0.25, 0.3) is 0 Å². The molecule has 0 fully saturated rings. The van der Waals surface area contributed by atoms with Crippen LogP contribution >= 0.6 is 0 Å². The number of nitrogens with one attached hydrogen (secondary N) is 1. The van der Waals surface area contributed by atoms with Crippen LogP contribution in [0.2, 0.25) is 0 Å². The third kappa shape index (κ3) is 6.40. The van der Waals surface area contributed by atoms with Crippen molar-refractivity contribution in [3.63, 3.8) is 0 Å². The Hall–Kier alpha value is -2.55. The van der Waals surface area contributed by atoms with E-state index in [0.29, 0.717) is 30.7 Å². The van der Waals surface area contributed by atoms with Gasteiger partial charge in [-0.1, -0.05) is 0 Å². The highest BCUT2D eigenvalue weighted by Crippen LogP contribution is 2.11. The average Bonchev–Trinajstić information content (AvgIpc) is 2.45. The fourth-order valence-corrected chi connectivity index (χ4v) is 1.45. The van der Waals surface area contributed by atoms with E-state index in [4.69, 9.17) is 15.1 Å². The molecule has 2 N–H and O–H groups in total. The molecule has 0 saturated heterocycles. The molecule has 1 aromatic carbocycles. The Morgan fingerprint density at radius 2 is 1.95 bits per heavy atom. The quantitative estimate of drug-likeness (QED) is 0.697. The van der Waals surface area contributed by atoms with Crippen molar-refractivity contribution in [2.75, 3.05) is 13.2 Å². The SMILES string of the molecule is N#Cc1ccc(OCC(=O)NCCCCC(=O)O)cc1. The van der Waals surface area contributed by atoms with E-state index in [1.165, 1.54) is 0 Å². The number of carbonyl (C=O) groups is 2. The second kappa shape index (κ2) is 8.53. The van der Waals surface area contributed by atoms with Gasteiger partial charge in [0.1, 0.15) is 5.75 Å². The molecule has 0 heterocycles.